The van der Waals surface area contributed by atoms with E-state index in [1.165, 1.54) is 6.07 Å². The lowest BCUT2D eigenvalue weighted by Crippen LogP contribution is -2.33. The van der Waals surface area contributed by atoms with Gasteiger partial charge in [0.25, 0.3) is 0 Å². The highest BCUT2D eigenvalue weighted by molar-refractivity contribution is 5.83. The summed E-state index contributed by atoms with van der Waals surface area (Å²) in [4.78, 5) is 13.5. The van der Waals surface area contributed by atoms with Crippen molar-refractivity contribution in [2.45, 2.75) is 26.4 Å². The number of ether oxygens (including phenoxy) is 1. The molecule has 1 fully saturated rings. The van der Waals surface area contributed by atoms with Crippen molar-refractivity contribution < 1.29 is 13.9 Å². The van der Waals surface area contributed by atoms with E-state index in [0.29, 0.717) is 24.5 Å². The molecule has 1 aliphatic heterocycles. The number of carbonyl (C=O) groups is 1. The number of amides is 1. The topological polar surface area (TPSA) is 67.6 Å². The van der Waals surface area contributed by atoms with Gasteiger partial charge in [0.05, 0.1) is 24.0 Å². The number of nitrogens with two attached hydrogens (primary N) is 1. The first-order valence-corrected chi connectivity index (χ1v) is 6.74. The van der Waals surface area contributed by atoms with Crippen LogP contribution in [0.2, 0.25) is 0 Å². The van der Waals surface area contributed by atoms with E-state index in [1.807, 2.05) is 18.7 Å². The Balaban J connectivity index is 2.31. The van der Waals surface area contributed by atoms with Crippen molar-refractivity contribution in [2.24, 2.45) is 0 Å². The molecule has 20 heavy (non-hydrogen) atoms. The SMILES string of the molecule is CC(C)Oc1cc(N2CCCNC(=O)C2)c(N)cc1F. The van der Waals surface area contributed by atoms with Crippen LogP contribution in [-0.4, -0.2) is 31.6 Å². The van der Waals surface area contributed by atoms with Crippen LogP contribution >= 0.6 is 0 Å². The molecule has 0 atom stereocenters. The third-order valence-corrected chi connectivity index (χ3v) is 3.05. The smallest absolute Gasteiger partial charge is 0.239 e. The Morgan fingerprint density at radius 1 is 1.45 bits per heavy atom. The van der Waals surface area contributed by atoms with Gasteiger partial charge in [-0.2, -0.15) is 0 Å². The minimum atomic E-state index is -0.487. The van der Waals surface area contributed by atoms with E-state index >= 15 is 0 Å². The molecule has 1 amide bonds. The highest BCUT2D eigenvalue weighted by Gasteiger charge is 2.19. The Morgan fingerprint density at radius 2 is 2.20 bits per heavy atom. The van der Waals surface area contributed by atoms with E-state index in [2.05, 4.69) is 5.32 Å². The van der Waals surface area contributed by atoms with Crippen molar-refractivity contribution in [3.63, 3.8) is 0 Å². The van der Waals surface area contributed by atoms with Gasteiger partial charge in [-0.3, -0.25) is 4.79 Å². The molecule has 3 N–H and O–H groups in total. The summed E-state index contributed by atoms with van der Waals surface area (Å²) in [7, 11) is 0. The lowest BCUT2D eigenvalue weighted by Gasteiger charge is -2.24. The zero-order valence-corrected chi connectivity index (χ0v) is 11.8. The van der Waals surface area contributed by atoms with Crippen LogP contribution in [0.3, 0.4) is 0 Å². The first-order valence-electron chi connectivity index (χ1n) is 6.74. The molecule has 0 aliphatic carbocycles. The summed E-state index contributed by atoms with van der Waals surface area (Å²) < 4.78 is 19.2. The molecule has 1 heterocycles. The molecule has 0 bridgehead atoms. The third-order valence-electron chi connectivity index (χ3n) is 3.05. The number of anilines is 2. The second-order valence-corrected chi connectivity index (χ2v) is 5.13. The molecule has 110 valence electrons. The van der Waals surface area contributed by atoms with E-state index < -0.39 is 5.82 Å². The maximum Gasteiger partial charge on any atom is 0.239 e. The fourth-order valence-electron chi connectivity index (χ4n) is 2.19. The van der Waals surface area contributed by atoms with E-state index in [1.54, 1.807) is 6.07 Å². The van der Waals surface area contributed by atoms with Crippen LogP contribution in [0.4, 0.5) is 15.8 Å². The van der Waals surface area contributed by atoms with E-state index in [0.717, 1.165) is 6.42 Å². The van der Waals surface area contributed by atoms with Crippen LogP contribution in [0.5, 0.6) is 5.75 Å². The number of halogens is 1. The third kappa shape index (κ3) is 3.31. The minimum Gasteiger partial charge on any atom is -0.488 e. The number of nitrogens with zero attached hydrogens (tertiary/aromatic N) is 1. The number of hydrogen-bond donors (Lipinski definition) is 2. The zero-order valence-electron chi connectivity index (χ0n) is 11.8. The van der Waals surface area contributed by atoms with E-state index in [9.17, 15) is 9.18 Å². The molecule has 1 aromatic rings. The fourth-order valence-corrected chi connectivity index (χ4v) is 2.19. The average molecular weight is 281 g/mol. The maximum atomic E-state index is 13.8. The van der Waals surface area contributed by atoms with Crippen LogP contribution in [0.15, 0.2) is 12.1 Å². The molecule has 0 spiro atoms. The van der Waals surface area contributed by atoms with E-state index in [4.69, 9.17) is 10.5 Å². The van der Waals surface area contributed by atoms with Gasteiger partial charge in [-0.15, -0.1) is 0 Å². The number of rotatable bonds is 3. The first-order chi connectivity index (χ1) is 9.47. The normalized spacial score (nSPS) is 16.0. The molecule has 6 heteroatoms. The molecular formula is C14H20FN3O2. The van der Waals surface area contributed by atoms with Gasteiger partial charge in [0.1, 0.15) is 0 Å². The average Bonchev–Trinajstić information content (AvgIpc) is 2.57. The van der Waals surface area contributed by atoms with Crippen LogP contribution in [0.25, 0.3) is 0 Å². The van der Waals surface area contributed by atoms with Gasteiger partial charge in [-0.05, 0) is 20.3 Å². The molecule has 0 radical (unpaired) electrons. The number of hydrogen-bond acceptors (Lipinski definition) is 4. The second kappa shape index (κ2) is 5.98. The summed E-state index contributed by atoms with van der Waals surface area (Å²) in [5, 5.41) is 2.80. The summed E-state index contributed by atoms with van der Waals surface area (Å²) in [5.74, 6) is -0.384. The predicted molar refractivity (Wildman–Crippen MR) is 76.4 cm³/mol. The number of benzene rings is 1. The van der Waals surface area contributed by atoms with Gasteiger partial charge in [0.15, 0.2) is 11.6 Å². The van der Waals surface area contributed by atoms with Crippen molar-refractivity contribution in [3.05, 3.63) is 17.9 Å². The van der Waals surface area contributed by atoms with Crippen molar-refractivity contribution in [1.82, 2.24) is 5.32 Å². The lowest BCUT2D eigenvalue weighted by atomic mass is 10.2. The van der Waals surface area contributed by atoms with Gasteiger partial charge in [0.2, 0.25) is 5.91 Å². The highest BCUT2D eigenvalue weighted by atomic mass is 19.1. The molecule has 1 aliphatic rings. The van der Waals surface area contributed by atoms with Crippen LogP contribution in [-0.2, 0) is 4.79 Å². The Labute approximate surface area is 117 Å². The summed E-state index contributed by atoms with van der Waals surface area (Å²) in [6.07, 6.45) is 0.691. The maximum absolute atomic E-state index is 13.8. The van der Waals surface area contributed by atoms with E-state index in [-0.39, 0.29) is 24.3 Å². The first kappa shape index (κ1) is 14.4. The molecule has 0 unspecified atom stereocenters. The summed E-state index contributed by atoms with van der Waals surface area (Å²) in [6, 6.07) is 2.82. The quantitative estimate of drug-likeness (QED) is 0.824. The van der Waals surface area contributed by atoms with Gasteiger partial charge < -0.3 is 20.7 Å². The summed E-state index contributed by atoms with van der Waals surface area (Å²) in [5.41, 5.74) is 6.83. The number of nitrogen functional groups attached to an aromatic ring is 1. The molecule has 0 saturated carbocycles. The summed E-state index contributed by atoms with van der Waals surface area (Å²) >= 11 is 0. The minimum absolute atomic E-state index is 0.0578. The number of carbonyl (C=O) groups excluding carboxylic acids is 1. The van der Waals surface area contributed by atoms with Gasteiger partial charge >= 0.3 is 0 Å². The highest BCUT2D eigenvalue weighted by Crippen LogP contribution is 2.32. The Kier molecular flexibility index (Phi) is 4.32. The molecule has 0 aromatic heterocycles. The van der Waals surface area contributed by atoms with Crippen molar-refractivity contribution in [3.8, 4) is 5.75 Å². The Bertz CT molecular complexity index is 505. The summed E-state index contributed by atoms with van der Waals surface area (Å²) in [6.45, 7) is 5.21. The molecule has 2 rings (SSSR count). The number of nitrogens with one attached hydrogen (secondary N) is 1. The van der Waals surface area contributed by atoms with Crippen LogP contribution in [0.1, 0.15) is 20.3 Å². The lowest BCUT2D eigenvalue weighted by molar-refractivity contribution is -0.119. The Hall–Kier alpha value is -1.98. The van der Waals surface area contributed by atoms with Crippen LogP contribution < -0.4 is 20.7 Å². The van der Waals surface area contributed by atoms with Gasteiger partial charge in [0, 0.05) is 25.2 Å². The molecule has 5 nitrogen and oxygen atoms in total. The monoisotopic (exact) mass is 281 g/mol. The fraction of sp³-hybridized carbons (Fsp3) is 0.500. The van der Waals surface area contributed by atoms with Crippen molar-refractivity contribution in [1.29, 1.82) is 0 Å². The molecule has 1 saturated heterocycles. The standard InChI is InChI=1S/C14H20FN3O2/c1-9(2)20-13-7-12(11(16)6-10(13)15)18-5-3-4-17-14(19)8-18/h6-7,9H,3-5,8,16H2,1-2H3,(H,17,19). The van der Waals surface area contributed by atoms with Crippen molar-refractivity contribution >= 4 is 17.3 Å². The molecule has 1 aromatic carbocycles. The van der Waals surface area contributed by atoms with Crippen molar-refractivity contribution in [2.75, 3.05) is 30.3 Å². The largest absolute Gasteiger partial charge is 0.488 e. The van der Waals surface area contributed by atoms with Gasteiger partial charge in [-0.1, -0.05) is 0 Å². The Morgan fingerprint density at radius 3 is 2.90 bits per heavy atom. The van der Waals surface area contributed by atoms with Crippen LogP contribution in [0, 0.1) is 5.82 Å². The van der Waals surface area contributed by atoms with Gasteiger partial charge in [-0.25, -0.2) is 4.39 Å². The molecular weight excluding hydrogens is 261 g/mol. The zero-order chi connectivity index (χ0) is 14.7. The second-order valence-electron chi connectivity index (χ2n) is 5.13. The predicted octanol–water partition coefficient (Wildman–Crippen LogP) is 1.52.